The molecule has 0 aromatic carbocycles. The van der Waals surface area contributed by atoms with E-state index < -0.39 is 0 Å². The predicted molar refractivity (Wildman–Crippen MR) is 44.6 cm³/mol. The van der Waals surface area contributed by atoms with Gasteiger partial charge in [0.1, 0.15) is 11.4 Å². The molecule has 0 aliphatic carbocycles. The number of furan rings is 1. The Morgan fingerprint density at radius 3 is 3.08 bits per heavy atom. The molecule has 0 saturated carbocycles. The first-order chi connectivity index (χ1) is 6.33. The first kappa shape index (κ1) is 8.00. The van der Waals surface area contributed by atoms with Gasteiger partial charge in [-0.25, -0.2) is 4.68 Å². The standard InChI is InChI=1S/C8H9N3O2/c1-11-8(6(5-12)9-10-11)7-3-2-4-13-7/h2-4,12H,5H2,1H3. The van der Waals surface area contributed by atoms with Gasteiger partial charge in [0.05, 0.1) is 12.9 Å². The molecule has 0 unspecified atom stereocenters. The van der Waals surface area contributed by atoms with Crippen molar-refractivity contribution in [2.45, 2.75) is 6.61 Å². The fourth-order valence-electron chi connectivity index (χ4n) is 1.22. The van der Waals surface area contributed by atoms with E-state index in [1.807, 2.05) is 0 Å². The van der Waals surface area contributed by atoms with Gasteiger partial charge in [0.2, 0.25) is 0 Å². The first-order valence-electron chi connectivity index (χ1n) is 3.86. The summed E-state index contributed by atoms with van der Waals surface area (Å²) in [6.45, 7) is -0.135. The Morgan fingerprint density at radius 2 is 2.46 bits per heavy atom. The summed E-state index contributed by atoms with van der Waals surface area (Å²) in [7, 11) is 1.75. The first-order valence-corrected chi connectivity index (χ1v) is 3.86. The topological polar surface area (TPSA) is 64.1 Å². The third-order valence-electron chi connectivity index (χ3n) is 1.80. The van der Waals surface area contributed by atoms with Crippen molar-refractivity contribution >= 4 is 0 Å². The van der Waals surface area contributed by atoms with Crippen molar-refractivity contribution in [3.05, 3.63) is 24.1 Å². The van der Waals surface area contributed by atoms with Gasteiger partial charge in [-0.1, -0.05) is 5.21 Å². The molecule has 0 radical (unpaired) electrons. The maximum absolute atomic E-state index is 8.97. The van der Waals surface area contributed by atoms with Gasteiger partial charge in [-0.3, -0.25) is 0 Å². The molecule has 1 N–H and O–H groups in total. The van der Waals surface area contributed by atoms with Crippen molar-refractivity contribution in [1.82, 2.24) is 15.0 Å². The normalized spacial score (nSPS) is 10.6. The van der Waals surface area contributed by atoms with Gasteiger partial charge in [-0.2, -0.15) is 0 Å². The summed E-state index contributed by atoms with van der Waals surface area (Å²) in [6, 6.07) is 3.58. The zero-order valence-corrected chi connectivity index (χ0v) is 7.14. The lowest BCUT2D eigenvalue weighted by Gasteiger charge is -1.97. The van der Waals surface area contributed by atoms with Gasteiger partial charge < -0.3 is 9.52 Å². The van der Waals surface area contributed by atoms with Crippen LogP contribution in [0.4, 0.5) is 0 Å². The van der Waals surface area contributed by atoms with Crippen LogP contribution < -0.4 is 0 Å². The molecule has 13 heavy (non-hydrogen) atoms. The summed E-state index contributed by atoms with van der Waals surface area (Å²) >= 11 is 0. The van der Waals surface area contributed by atoms with Crippen LogP contribution in [-0.4, -0.2) is 20.1 Å². The van der Waals surface area contributed by atoms with Gasteiger partial charge in [0, 0.05) is 7.05 Å². The largest absolute Gasteiger partial charge is 0.463 e. The highest BCUT2D eigenvalue weighted by Gasteiger charge is 2.13. The molecule has 0 bridgehead atoms. The lowest BCUT2D eigenvalue weighted by Crippen LogP contribution is -1.94. The monoisotopic (exact) mass is 179 g/mol. The number of aryl methyl sites for hydroxylation is 1. The van der Waals surface area contributed by atoms with E-state index in [1.54, 1.807) is 30.1 Å². The summed E-state index contributed by atoms with van der Waals surface area (Å²) in [5.74, 6) is 0.663. The number of aliphatic hydroxyl groups is 1. The molecule has 0 aliphatic heterocycles. The van der Waals surface area contributed by atoms with Crippen LogP contribution in [0, 0.1) is 0 Å². The average Bonchev–Trinajstić information content (AvgIpc) is 2.72. The lowest BCUT2D eigenvalue weighted by molar-refractivity contribution is 0.277. The van der Waals surface area contributed by atoms with Gasteiger partial charge in [0.15, 0.2) is 5.76 Å². The molecule has 0 fully saturated rings. The third-order valence-corrected chi connectivity index (χ3v) is 1.80. The van der Waals surface area contributed by atoms with Crippen LogP contribution in [-0.2, 0) is 13.7 Å². The highest BCUT2D eigenvalue weighted by molar-refractivity contribution is 5.54. The van der Waals surface area contributed by atoms with Crippen LogP contribution in [0.5, 0.6) is 0 Å². The molecule has 0 atom stereocenters. The van der Waals surface area contributed by atoms with E-state index in [1.165, 1.54) is 0 Å². The van der Waals surface area contributed by atoms with Crippen molar-refractivity contribution in [1.29, 1.82) is 0 Å². The molecule has 2 heterocycles. The minimum Gasteiger partial charge on any atom is -0.463 e. The van der Waals surface area contributed by atoms with E-state index in [4.69, 9.17) is 9.52 Å². The van der Waals surface area contributed by atoms with E-state index in [2.05, 4.69) is 10.3 Å². The predicted octanol–water partition coefficient (Wildman–Crippen LogP) is 0.567. The summed E-state index contributed by atoms with van der Waals surface area (Å²) in [6.07, 6.45) is 1.57. The fraction of sp³-hybridized carbons (Fsp3) is 0.250. The molecule has 0 aliphatic rings. The summed E-state index contributed by atoms with van der Waals surface area (Å²) in [4.78, 5) is 0. The molecule has 68 valence electrons. The second-order valence-corrected chi connectivity index (χ2v) is 2.64. The molecule has 2 aromatic heterocycles. The van der Waals surface area contributed by atoms with Gasteiger partial charge in [0.25, 0.3) is 0 Å². The Hall–Kier alpha value is -1.62. The van der Waals surface area contributed by atoms with Gasteiger partial charge >= 0.3 is 0 Å². The Labute approximate surface area is 74.6 Å². The Kier molecular flexibility index (Phi) is 1.86. The summed E-state index contributed by atoms with van der Waals surface area (Å²) in [5, 5.41) is 16.6. The molecule has 2 aromatic rings. The number of rotatable bonds is 2. The van der Waals surface area contributed by atoms with Crippen molar-refractivity contribution in [2.75, 3.05) is 0 Å². The van der Waals surface area contributed by atoms with Gasteiger partial charge in [-0.05, 0) is 12.1 Å². The molecule has 0 amide bonds. The maximum atomic E-state index is 8.97. The van der Waals surface area contributed by atoms with E-state index in [0.717, 1.165) is 0 Å². The van der Waals surface area contributed by atoms with Crippen molar-refractivity contribution < 1.29 is 9.52 Å². The molecule has 0 saturated heterocycles. The highest BCUT2D eigenvalue weighted by Crippen LogP contribution is 2.21. The van der Waals surface area contributed by atoms with E-state index in [-0.39, 0.29) is 6.61 Å². The molecule has 2 rings (SSSR count). The van der Waals surface area contributed by atoms with Gasteiger partial charge in [-0.15, -0.1) is 5.10 Å². The number of nitrogens with zero attached hydrogens (tertiary/aromatic N) is 3. The Balaban J connectivity index is 2.55. The SMILES string of the molecule is Cn1nnc(CO)c1-c1ccco1. The molecular formula is C8H9N3O2. The Bertz CT molecular complexity index is 391. The van der Waals surface area contributed by atoms with Crippen molar-refractivity contribution in [3.63, 3.8) is 0 Å². The minimum atomic E-state index is -0.135. The zero-order valence-electron chi connectivity index (χ0n) is 7.14. The fourth-order valence-corrected chi connectivity index (χ4v) is 1.22. The minimum absolute atomic E-state index is 0.135. The smallest absolute Gasteiger partial charge is 0.153 e. The van der Waals surface area contributed by atoms with Crippen LogP contribution in [0.25, 0.3) is 11.5 Å². The second kappa shape index (κ2) is 3.02. The van der Waals surface area contributed by atoms with Crippen LogP contribution in [0.2, 0.25) is 0 Å². The van der Waals surface area contributed by atoms with Crippen molar-refractivity contribution in [3.8, 4) is 11.5 Å². The average molecular weight is 179 g/mol. The second-order valence-electron chi connectivity index (χ2n) is 2.64. The third kappa shape index (κ3) is 1.23. The summed E-state index contributed by atoms with van der Waals surface area (Å²) < 4.78 is 6.76. The van der Waals surface area contributed by atoms with Crippen molar-refractivity contribution in [2.24, 2.45) is 7.05 Å². The number of hydrogen-bond acceptors (Lipinski definition) is 4. The van der Waals surface area contributed by atoms with E-state index >= 15 is 0 Å². The summed E-state index contributed by atoms with van der Waals surface area (Å²) in [5.41, 5.74) is 1.24. The van der Waals surface area contributed by atoms with Crippen LogP contribution >= 0.6 is 0 Å². The molecule has 5 heteroatoms. The van der Waals surface area contributed by atoms with E-state index in [9.17, 15) is 0 Å². The van der Waals surface area contributed by atoms with E-state index in [0.29, 0.717) is 17.1 Å². The zero-order chi connectivity index (χ0) is 9.26. The lowest BCUT2D eigenvalue weighted by atomic mass is 10.2. The maximum Gasteiger partial charge on any atom is 0.153 e. The molecular weight excluding hydrogens is 170 g/mol. The van der Waals surface area contributed by atoms with Crippen LogP contribution in [0.15, 0.2) is 22.8 Å². The van der Waals surface area contributed by atoms with Crippen LogP contribution in [0.1, 0.15) is 5.69 Å². The Morgan fingerprint density at radius 1 is 1.62 bits per heavy atom. The number of aliphatic hydroxyl groups excluding tert-OH is 1. The number of hydrogen-bond donors (Lipinski definition) is 1. The quantitative estimate of drug-likeness (QED) is 0.731. The molecule has 5 nitrogen and oxygen atoms in total. The number of aromatic nitrogens is 3. The van der Waals surface area contributed by atoms with Crippen LogP contribution in [0.3, 0.4) is 0 Å². The molecule has 0 spiro atoms. The highest BCUT2D eigenvalue weighted by atomic mass is 16.3.